The Bertz CT molecular complexity index is 517. The fourth-order valence-electron chi connectivity index (χ4n) is 1.62. The van der Waals surface area contributed by atoms with Gasteiger partial charge in [-0.25, -0.2) is 9.18 Å². The van der Waals surface area contributed by atoms with Gasteiger partial charge in [-0.15, -0.1) is 0 Å². The van der Waals surface area contributed by atoms with Crippen molar-refractivity contribution in [3.05, 3.63) is 33.6 Å². The Morgan fingerprint density at radius 2 is 2.05 bits per heavy atom. The molecule has 0 aliphatic rings. The van der Waals surface area contributed by atoms with Gasteiger partial charge in [0.05, 0.1) is 11.0 Å². The standard InChI is InChI=1S/C12H15FN2O4/c1-6(2)11(12(16)17)14-9-4-7(3)8(13)5-10(9)15(18)19/h4-6,11,14H,1-3H3,(H,16,17). The molecule has 1 aromatic carbocycles. The van der Waals surface area contributed by atoms with Crippen LogP contribution in [0.4, 0.5) is 15.8 Å². The average molecular weight is 270 g/mol. The Hall–Kier alpha value is -2.18. The van der Waals surface area contributed by atoms with Gasteiger partial charge in [0.15, 0.2) is 0 Å². The van der Waals surface area contributed by atoms with Gasteiger partial charge in [0.2, 0.25) is 0 Å². The Balaban J connectivity index is 3.22. The largest absolute Gasteiger partial charge is 0.480 e. The molecule has 0 spiro atoms. The van der Waals surface area contributed by atoms with Gasteiger partial charge >= 0.3 is 5.97 Å². The highest BCUT2D eigenvalue weighted by Gasteiger charge is 2.25. The van der Waals surface area contributed by atoms with Crippen molar-refractivity contribution in [1.29, 1.82) is 0 Å². The summed E-state index contributed by atoms with van der Waals surface area (Å²) < 4.78 is 13.3. The highest BCUT2D eigenvalue weighted by Crippen LogP contribution is 2.28. The zero-order valence-corrected chi connectivity index (χ0v) is 10.8. The Kier molecular flexibility index (Phi) is 4.42. The third-order valence-electron chi connectivity index (χ3n) is 2.72. The highest BCUT2D eigenvalue weighted by molar-refractivity contribution is 5.79. The van der Waals surface area contributed by atoms with Crippen LogP contribution in [-0.4, -0.2) is 22.0 Å². The second kappa shape index (κ2) is 5.64. The van der Waals surface area contributed by atoms with Gasteiger partial charge in [-0.3, -0.25) is 10.1 Å². The fourth-order valence-corrected chi connectivity index (χ4v) is 1.62. The Labute approximate surface area is 109 Å². The molecule has 104 valence electrons. The topological polar surface area (TPSA) is 92.5 Å². The summed E-state index contributed by atoms with van der Waals surface area (Å²) in [4.78, 5) is 21.2. The van der Waals surface area contributed by atoms with E-state index in [4.69, 9.17) is 5.11 Å². The molecule has 1 unspecified atom stereocenters. The molecule has 1 aromatic rings. The van der Waals surface area contributed by atoms with Gasteiger partial charge in [-0.1, -0.05) is 13.8 Å². The average Bonchev–Trinajstić information content (AvgIpc) is 2.28. The predicted octanol–water partition coefficient (Wildman–Crippen LogP) is 2.56. The third-order valence-corrected chi connectivity index (χ3v) is 2.72. The molecular formula is C12H15FN2O4. The summed E-state index contributed by atoms with van der Waals surface area (Å²) in [6.45, 7) is 4.80. The third kappa shape index (κ3) is 3.40. The van der Waals surface area contributed by atoms with Crippen molar-refractivity contribution in [1.82, 2.24) is 0 Å². The summed E-state index contributed by atoms with van der Waals surface area (Å²) in [6.07, 6.45) is 0. The molecule has 1 rings (SSSR count). The number of nitrogens with zero attached hydrogens (tertiary/aromatic N) is 1. The maximum Gasteiger partial charge on any atom is 0.326 e. The van der Waals surface area contributed by atoms with E-state index in [2.05, 4.69) is 5.32 Å². The van der Waals surface area contributed by atoms with Gasteiger partial charge in [0, 0.05) is 0 Å². The van der Waals surface area contributed by atoms with E-state index in [0.29, 0.717) is 0 Å². The Morgan fingerprint density at radius 3 is 2.47 bits per heavy atom. The van der Waals surface area contributed by atoms with E-state index >= 15 is 0 Å². The van der Waals surface area contributed by atoms with Gasteiger partial charge in [0.1, 0.15) is 17.5 Å². The second-order valence-electron chi connectivity index (χ2n) is 4.58. The first-order valence-corrected chi connectivity index (χ1v) is 5.68. The maximum atomic E-state index is 13.3. The molecule has 0 aromatic heterocycles. The zero-order chi connectivity index (χ0) is 14.7. The number of carboxylic acid groups (broad SMARTS) is 1. The van der Waals surface area contributed by atoms with Crippen molar-refractivity contribution in [3.8, 4) is 0 Å². The number of aliphatic carboxylic acids is 1. The summed E-state index contributed by atoms with van der Waals surface area (Å²) >= 11 is 0. The van der Waals surface area contributed by atoms with E-state index in [1.165, 1.54) is 13.0 Å². The molecule has 6 nitrogen and oxygen atoms in total. The molecule has 19 heavy (non-hydrogen) atoms. The lowest BCUT2D eigenvalue weighted by atomic mass is 10.0. The van der Waals surface area contributed by atoms with E-state index in [-0.39, 0.29) is 17.2 Å². The van der Waals surface area contributed by atoms with E-state index in [9.17, 15) is 19.3 Å². The van der Waals surface area contributed by atoms with Crippen molar-refractivity contribution in [2.45, 2.75) is 26.8 Å². The Morgan fingerprint density at radius 1 is 1.47 bits per heavy atom. The number of nitrogens with one attached hydrogen (secondary N) is 1. The highest BCUT2D eigenvalue weighted by atomic mass is 19.1. The molecule has 0 fully saturated rings. The summed E-state index contributed by atoms with van der Waals surface area (Å²) in [6, 6.07) is 1.05. The summed E-state index contributed by atoms with van der Waals surface area (Å²) in [7, 11) is 0. The number of hydrogen-bond acceptors (Lipinski definition) is 4. The molecule has 0 aliphatic carbocycles. The van der Waals surface area contributed by atoms with Crippen LogP contribution < -0.4 is 5.32 Å². The van der Waals surface area contributed by atoms with Gasteiger partial charge in [-0.2, -0.15) is 0 Å². The molecule has 0 radical (unpaired) electrons. The van der Waals surface area contributed by atoms with Crippen LogP contribution in [-0.2, 0) is 4.79 Å². The van der Waals surface area contributed by atoms with Crippen LogP contribution in [0.3, 0.4) is 0 Å². The molecular weight excluding hydrogens is 255 g/mol. The van der Waals surface area contributed by atoms with Gasteiger partial charge < -0.3 is 10.4 Å². The number of carboxylic acids is 1. The molecule has 2 N–H and O–H groups in total. The lowest BCUT2D eigenvalue weighted by molar-refractivity contribution is -0.384. The van der Waals surface area contributed by atoms with Crippen LogP contribution in [0.2, 0.25) is 0 Å². The molecule has 0 saturated carbocycles. The lowest BCUT2D eigenvalue weighted by Crippen LogP contribution is -2.34. The van der Waals surface area contributed by atoms with E-state index < -0.39 is 28.4 Å². The molecule has 0 amide bonds. The van der Waals surface area contributed by atoms with Crippen LogP contribution in [0.5, 0.6) is 0 Å². The molecule has 0 bridgehead atoms. The first-order chi connectivity index (χ1) is 8.73. The predicted molar refractivity (Wildman–Crippen MR) is 67.7 cm³/mol. The summed E-state index contributed by atoms with van der Waals surface area (Å²) in [5.41, 5.74) is -0.263. The normalized spacial score (nSPS) is 12.3. The smallest absolute Gasteiger partial charge is 0.326 e. The molecule has 0 saturated heterocycles. The minimum absolute atomic E-state index is 0.00463. The van der Waals surface area contributed by atoms with Crippen LogP contribution >= 0.6 is 0 Å². The fraction of sp³-hybridized carbons (Fsp3) is 0.417. The number of benzene rings is 1. The van der Waals surface area contributed by atoms with E-state index in [1.807, 2.05) is 0 Å². The number of anilines is 1. The van der Waals surface area contributed by atoms with Crippen molar-refractivity contribution < 1.29 is 19.2 Å². The van der Waals surface area contributed by atoms with E-state index in [0.717, 1.165) is 6.07 Å². The number of carbonyl (C=O) groups is 1. The molecule has 0 aliphatic heterocycles. The number of hydrogen-bond donors (Lipinski definition) is 2. The van der Waals surface area contributed by atoms with Crippen LogP contribution in [0.1, 0.15) is 19.4 Å². The van der Waals surface area contributed by atoms with Crippen LogP contribution in [0, 0.1) is 28.8 Å². The van der Waals surface area contributed by atoms with Crippen molar-refractivity contribution in [3.63, 3.8) is 0 Å². The van der Waals surface area contributed by atoms with Crippen molar-refractivity contribution >= 4 is 17.3 Å². The number of rotatable bonds is 5. The zero-order valence-electron chi connectivity index (χ0n) is 10.8. The lowest BCUT2D eigenvalue weighted by Gasteiger charge is -2.19. The SMILES string of the molecule is Cc1cc(NC(C(=O)O)C(C)C)c([N+](=O)[O-])cc1F. The van der Waals surface area contributed by atoms with Crippen LogP contribution in [0.25, 0.3) is 0 Å². The maximum absolute atomic E-state index is 13.3. The van der Waals surface area contributed by atoms with Gasteiger partial charge in [0.25, 0.3) is 5.69 Å². The summed E-state index contributed by atoms with van der Waals surface area (Å²) in [5.74, 6) is -2.09. The number of nitro groups is 1. The quantitative estimate of drug-likeness (QED) is 0.633. The van der Waals surface area contributed by atoms with Crippen molar-refractivity contribution in [2.75, 3.05) is 5.32 Å². The second-order valence-corrected chi connectivity index (χ2v) is 4.58. The first-order valence-electron chi connectivity index (χ1n) is 5.68. The van der Waals surface area contributed by atoms with Gasteiger partial charge in [-0.05, 0) is 24.5 Å². The number of aryl methyl sites for hydroxylation is 1. The minimum atomic E-state index is -1.12. The molecule has 1 atom stereocenters. The first kappa shape index (κ1) is 14.9. The monoisotopic (exact) mass is 270 g/mol. The summed E-state index contributed by atoms with van der Waals surface area (Å²) in [5, 5.41) is 22.5. The molecule has 7 heteroatoms. The van der Waals surface area contributed by atoms with Crippen LogP contribution in [0.15, 0.2) is 12.1 Å². The molecule has 0 heterocycles. The van der Waals surface area contributed by atoms with Crippen molar-refractivity contribution in [2.24, 2.45) is 5.92 Å². The number of halogens is 1. The number of nitro benzene ring substituents is 1. The minimum Gasteiger partial charge on any atom is -0.480 e. The van der Waals surface area contributed by atoms with E-state index in [1.54, 1.807) is 13.8 Å².